The minimum absolute atomic E-state index is 0.104. The monoisotopic (exact) mass is 222 g/mol. The molecule has 0 atom stereocenters. The van der Waals surface area contributed by atoms with Crippen LogP contribution in [0, 0.1) is 6.92 Å². The largest absolute Gasteiger partial charge is 0.309 e. The topological polar surface area (TPSA) is 70.7 Å². The van der Waals surface area contributed by atoms with Crippen molar-refractivity contribution in [2.75, 3.05) is 5.32 Å². The molecule has 2 aromatic rings. The number of carbonyl (C=O) groups excluding carboxylic acids is 1. The van der Waals surface area contributed by atoms with Crippen LogP contribution in [0.4, 0.5) is 5.82 Å². The molecule has 2 heterocycles. The molecule has 15 heavy (non-hydrogen) atoms. The zero-order valence-corrected chi connectivity index (χ0v) is 8.97. The third-order valence-corrected chi connectivity index (χ3v) is 2.43. The first-order valence-electron chi connectivity index (χ1n) is 4.43. The second-order valence-corrected chi connectivity index (χ2v) is 3.86. The Morgan fingerprint density at radius 2 is 2.53 bits per heavy atom. The van der Waals surface area contributed by atoms with E-state index in [4.69, 9.17) is 0 Å². The first kappa shape index (κ1) is 9.85. The third-order valence-electron chi connectivity index (χ3n) is 1.80. The SMILES string of the molecule is Cc1cc(NC(=O)Cc2cscn2)n[nH]1. The number of hydrogen-bond donors (Lipinski definition) is 2. The Morgan fingerprint density at radius 3 is 3.13 bits per heavy atom. The van der Waals surface area contributed by atoms with Gasteiger partial charge in [-0.25, -0.2) is 4.98 Å². The Balaban J connectivity index is 1.93. The van der Waals surface area contributed by atoms with Crippen molar-refractivity contribution in [2.24, 2.45) is 0 Å². The second-order valence-electron chi connectivity index (χ2n) is 3.14. The number of hydrogen-bond acceptors (Lipinski definition) is 4. The maximum atomic E-state index is 11.5. The van der Waals surface area contributed by atoms with Gasteiger partial charge in [-0.2, -0.15) is 5.10 Å². The van der Waals surface area contributed by atoms with Crippen molar-refractivity contribution in [3.63, 3.8) is 0 Å². The first-order valence-corrected chi connectivity index (χ1v) is 5.37. The smallest absolute Gasteiger partial charge is 0.231 e. The Kier molecular flexibility index (Phi) is 2.77. The van der Waals surface area contributed by atoms with Gasteiger partial charge in [0.1, 0.15) is 0 Å². The molecule has 0 aromatic carbocycles. The van der Waals surface area contributed by atoms with E-state index >= 15 is 0 Å². The van der Waals surface area contributed by atoms with Crippen molar-refractivity contribution in [1.29, 1.82) is 0 Å². The van der Waals surface area contributed by atoms with Crippen molar-refractivity contribution < 1.29 is 4.79 Å². The molecule has 0 aliphatic rings. The van der Waals surface area contributed by atoms with Gasteiger partial charge in [-0.1, -0.05) is 0 Å². The Labute approximate surface area is 90.6 Å². The van der Waals surface area contributed by atoms with Gasteiger partial charge >= 0.3 is 0 Å². The van der Waals surface area contributed by atoms with Crippen LogP contribution in [0.1, 0.15) is 11.4 Å². The summed E-state index contributed by atoms with van der Waals surface area (Å²) in [6, 6.07) is 1.78. The molecule has 0 unspecified atom stereocenters. The minimum Gasteiger partial charge on any atom is -0.309 e. The molecule has 0 saturated heterocycles. The number of nitrogens with one attached hydrogen (secondary N) is 2. The lowest BCUT2D eigenvalue weighted by atomic mass is 10.3. The fourth-order valence-corrected chi connectivity index (χ4v) is 1.72. The summed E-state index contributed by atoms with van der Waals surface area (Å²) in [7, 11) is 0. The van der Waals surface area contributed by atoms with Crippen molar-refractivity contribution >= 4 is 23.1 Å². The maximum absolute atomic E-state index is 11.5. The molecular formula is C9H10N4OS. The Bertz CT molecular complexity index is 448. The van der Waals surface area contributed by atoms with Gasteiger partial charge in [0.25, 0.3) is 0 Å². The number of aromatic nitrogens is 3. The van der Waals surface area contributed by atoms with E-state index in [0.717, 1.165) is 11.4 Å². The predicted molar refractivity (Wildman–Crippen MR) is 57.8 cm³/mol. The van der Waals surface area contributed by atoms with E-state index in [0.29, 0.717) is 5.82 Å². The standard InChI is InChI=1S/C9H10N4OS/c1-6-2-8(13-12-6)11-9(14)3-7-4-15-5-10-7/h2,4-5H,3H2,1H3,(H2,11,12,13,14). The summed E-state index contributed by atoms with van der Waals surface area (Å²) in [6.07, 6.45) is 0.287. The van der Waals surface area contributed by atoms with Crippen LogP contribution in [0.2, 0.25) is 0 Å². The van der Waals surface area contributed by atoms with Gasteiger partial charge in [-0.05, 0) is 6.92 Å². The van der Waals surface area contributed by atoms with Crippen LogP contribution < -0.4 is 5.32 Å². The zero-order valence-electron chi connectivity index (χ0n) is 8.15. The molecule has 0 bridgehead atoms. The average molecular weight is 222 g/mol. The van der Waals surface area contributed by atoms with Crippen molar-refractivity contribution in [3.05, 3.63) is 28.3 Å². The molecule has 78 valence electrons. The Morgan fingerprint density at radius 1 is 1.67 bits per heavy atom. The van der Waals surface area contributed by atoms with Crippen LogP contribution in [-0.4, -0.2) is 21.1 Å². The predicted octanol–water partition coefficient (Wildman–Crippen LogP) is 1.36. The van der Waals surface area contributed by atoms with E-state index in [2.05, 4.69) is 20.5 Å². The zero-order chi connectivity index (χ0) is 10.7. The van der Waals surface area contributed by atoms with Crippen molar-refractivity contribution in [1.82, 2.24) is 15.2 Å². The van der Waals surface area contributed by atoms with Crippen molar-refractivity contribution in [3.8, 4) is 0 Å². The third kappa shape index (κ3) is 2.63. The highest BCUT2D eigenvalue weighted by molar-refractivity contribution is 7.07. The van der Waals surface area contributed by atoms with Crippen LogP contribution in [0.15, 0.2) is 17.0 Å². The van der Waals surface area contributed by atoms with Gasteiger partial charge in [0.2, 0.25) is 5.91 Å². The molecule has 2 rings (SSSR count). The van der Waals surface area contributed by atoms with Gasteiger partial charge in [0.15, 0.2) is 5.82 Å². The summed E-state index contributed by atoms with van der Waals surface area (Å²) in [5.41, 5.74) is 3.41. The summed E-state index contributed by atoms with van der Waals surface area (Å²) in [5, 5.41) is 11.2. The number of H-pyrrole nitrogens is 1. The fourth-order valence-electron chi connectivity index (χ4n) is 1.16. The van der Waals surface area contributed by atoms with Gasteiger partial charge in [0.05, 0.1) is 17.6 Å². The number of thiazole rings is 1. The molecule has 2 aromatic heterocycles. The lowest BCUT2D eigenvalue weighted by Crippen LogP contribution is -2.14. The molecule has 0 fully saturated rings. The highest BCUT2D eigenvalue weighted by Crippen LogP contribution is 2.06. The molecule has 0 saturated carbocycles. The van der Waals surface area contributed by atoms with Crippen LogP contribution >= 0.6 is 11.3 Å². The van der Waals surface area contributed by atoms with Crippen LogP contribution in [0.25, 0.3) is 0 Å². The quantitative estimate of drug-likeness (QED) is 0.823. The molecular weight excluding hydrogens is 212 g/mol. The summed E-state index contributed by atoms with van der Waals surface area (Å²) in [5.74, 6) is 0.445. The number of aryl methyl sites for hydroxylation is 1. The van der Waals surface area contributed by atoms with E-state index in [-0.39, 0.29) is 12.3 Å². The van der Waals surface area contributed by atoms with Crippen LogP contribution in [-0.2, 0) is 11.2 Å². The lowest BCUT2D eigenvalue weighted by Gasteiger charge is -1.98. The van der Waals surface area contributed by atoms with Crippen LogP contribution in [0.5, 0.6) is 0 Å². The number of rotatable bonds is 3. The number of nitrogens with zero attached hydrogens (tertiary/aromatic N) is 2. The van der Waals surface area contributed by atoms with E-state index in [1.54, 1.807) is 11.6 Å². The minimum atomic E-state index is -0.104. The molecule has 0 spiro atoms. The van der Waals surface area contributed by atoms with Gasteiger partial charge in [0, 0.05) is 17.1 Å². The first-order chi connectivity index (χ1) is 7.24. The van der Waals surface area contributed by atoms with E-state index in [1.165, 1.54) is 11.3 Å². The van der Waals surface area contributed by atoms with Gasteiger partial charge in [-0.3, -0.25) is 9.89 Å². The Hall–Kier alpha value is -1.69. The molecule has 5 nitrogen and oxygen atoms in total. The highest BCUT2D eigenvalue weighted by atomic mass is 32.1. The normalized spacial score (nSPS) is 10.2. The fraction of sp³-hybridized carbons (Fsp3) is 0.222. The van der Waals surface area contributed by atoms with E-state index < -0.39 is 0 Å². The maximum Gasteiger partial charge on any atom is 0.231 e. The summed E-state index contributed by atoms with van der Waals surface area (Å²) in [6.45, 7) is 1.88. The molecule has 6 heteroatoms. The number of aromatic amines is 1. The highest BCUT2D eigenvalue weighted by Gasteiger charge is 2.06. The van der Waals surface area contributed by atoms with Crippen LogP contribution in [0.3, 0.4) is 0 Å². The van der Waals surface area contributed by atoms with Gasteiger partial charge in [-0.15, -0.1) is 11.3 Å². The molecule has 0 aliphatic heterocycles. The number of amides is 1. The molecule has 0 radical (unpaired) electrons. The summed E-state index contributed by atoms with van der Waals surface area (Å²) in [4.78, 5) is 15.5. The summed E-state index contributed by atoms with van der Waals surface area (Å²) < 4.78 is 0. The number of anilines is 1. The molecule has 1 amide bonds. The lowest BCUT2D eigenvalue weighted by molar-refractivity contribution is -0.115. The average Bonchev–Trinajstić information content (AvgIpc) is 2.77. The van der Waals surface area contributed by atoms with E-state index in [1.807, 2.05) is 12.3 Å². The van der Waals surface area contributed by atoms with Gasteiger partial charge < -0.3 is 5.32 Å². The van der Waals surface area contributed by atoms with Crippen molar-refractivity contribution in [2.45, 2.75) is 13.3 Å². The number of carbonyl (C=O) groups is 1. The molecule has 2 N–H and O–H groups in total. The second kappa shape index (κ2) is 4.22. The summed E-state index contributed by atoms with van der Waals surface area (Å²) >= 11 is 1.48. The van der Waals surface area contributed by atoms with E-state index in [9.17, 15) is 4.79 Å². The molecule has 0 aliphatic carbocycles.